The van der Waals surface area contributed by atoms with E-state index >= 15 is 0 Å². The van der Waals surface area contributed by atoms with Gasteiger partial charge in [-0.25, -0.2) is 9.97 Å². The highest BCUT2D eigenvalue weighted by molar-refractivity contribution is 7.19. The van der Waals surface area contributed by atoms with Crippen LogP contribution >= 0.6 is 11.3 Å². The Morgan fingerprint density at radius 2 is 1.78 bits per heavy atom. The van der Waals surface area contributed by atoms with E-state index in [2.05, 4.69) is 35.3 Å². The lowest BCUT2D eigenvalue weighted by atomic mass is 10.1. The number of aryl methyl sites for hydroxylation is 1. The van der Waals surface area contributed by atoms with Gasteiger partial charge >= 0.3 is 0 Å². The minimum Gasteiger partial charge on any atom is -0.246 e. The van der Waals surface area contributed by atoms with Gasteiger partial charge in [-0.2, -0.15) is 0 Å². The highest BCUT2D eigenvalue weighted by Crippen LogP contribution is 2.30. The molecule has 0 unspecified atom stereocenters. The second kappa shape index (κ2) is 3.50. The molecule has 0 N–H and O–H groups in total. The topological polar surface area (TPSA) is 25.8 Å². The smallest absolute Gasteiger partial charge is 0.0908 e. The molecular formula is C15H10N2S. The minimum atomic E-state index is 1.04. The lowest BCUT2D eigenvalue weighted by Gasteiger charge is -2.01. The fourth-order valence-corrected chi connectivity index (χ4v) is 3.25. The zero-order chi connectivity index (χ0) is 12.1. The maximum atomic E-state index is 4.79. The Kier molecular flexibility index (Phi) is 1.94. The summed E-state index contributed by atoms with van der Waals surface area (Å²) in [5.41, 5.74) is 3.16. The molecule has 2 nitrogen and oxygen atoms in total. The van der Waals surface area contributed by atoms with Crippen molar-refractivity contribution >= 4 is 43.4 Å². The molecule has 0 saturated carbocycles. The number of fused-ring (bicyclic) bond motifs is 4. The Morgan fingerprint density at radius 3 is 2.72 bits per heavy atom. The van der Waals surface area contributed by atoms with Gasteiger partial charge in [0.15, 0.2) is 0 Å². The average molecular weight is 250 g/mol. The van der Waals surface area contributed by atoms with E-state index in [9.17, 15) is 0 Å². The molecule has 0 aliphatic carbocycles. The molecule has 4 rings (SSSR count). The first-order valence-corrected chi connectivity index (χ1v) is 6.68. The second-order valence-electron chi connectivity index (χ2n) is 4.40. The molecule has 0 aliphatic rings. The molecule has 0 bridgehead atoms. The molecule has 4 aromatic rings. The third-order valence-electron chi connectivity index (χ3n) is 3.15. The zero-order valence-corrected chi connectivity index (χ0v) is 10.7. The van der Waals surface area contributed by atoms with Crippen molar-refractivity contribution < 1.29 is 0 Å². The van der Waals surface area contributed by atoms with E-state index in [1.807, 2.05) is 19.1 Å². The van der Waals surface area contributed by atoms with Crippen LogP contribution in [0.3, 0.4) is 0 Å². The number of thiazole rings is 1. The van der Waals surface area contributed by atoms with Crippen LogP contribution in [0, 0.1) is 6.92 Å². The summed E-state index contributed by atoms with van der Waals surface area (Å²) in [6.07, 6.45) is 0. The summed E-state index contributed by atoms with van der Waals surface area (Å²) >= 11 is 1.72. The lowest BCUT2D eigenvalue weighted by molar-refractivity contribution is 1.35. The molecule has 0 saturated heterocycles. The monoisotopic (exact) mass is 250 g/mol. The van der Waals surface area contributed by atoms with Crippen LogP contribution in [0.4, 0.5) is 0 Å². The SMILES string of the molecule is Cc1nc2ccc3cc4ccccc4nc3c2s1. The Labute approximate surface area is 108 Å². The van der Waals surface area contributed by atoms with Crippen LogP contribution in [0.15, 0.2) is 42.5 Å². The summed E-state index contributed by atoms with van der Waals surface area (Å²) in [7, 11) is 0. The van der Waals surface area contributed by atoms with E-state index in [0.29, 0.717) is 0 Å². The van der Waals surface area contributed by atoms with Crippen molar-refractivity contribution in [2.45, 2.75) is 6.92 Å². The first-order valence-electron chi connectivity index (χ1n) is 5.87. The summed E-state index contributed by atoms with van der Waals surface area (Å²) in [5, 5.41) is 3.46. The van der Waals surface area contributed by atoms with Crippen LogP contribution in [0.25, 0.3) is 32.0 Å². The molecule has 2 aromatic heterocycles. The number of benzene rings is 2. The van der Waals surface area contributed by atoms with Crippen molar-refractivity contribution in [3.05, 3.63) is 47.5 Å². The van der Waals surface area contributed by atoms with Gasteiger partial charge in [-0.05, 0) is 25.1 Å². The van der Waals surface area contributed by atoms with E-state index in [4.69, 9.17) is 4.98 Å². The van der Waals surface area contributed by atoms with Crippen molar-refractivity contribution in [1.29, 1.82) is 0 Å². The molecule has 86 valence electrons. The van der Waals surface area contributed by atoms with Gasteiger partial charge < -0.3 is 0 Å². The molecule has 18 heavy (non-hydrogen) atoms. The molecule has 3 heteroatoms. The summed E-state index contributed by atoms with van der Waals surface area (Å²) in [6, 6.07) is 14.6. The van der Waals surface area contributed by atoms with Gasteiger partial charge in [-0.3, -0.25) is 0 Å². The van der Waals surface area contributed by atoms with Gasteiger partial charge in [0.1, 0.15) is 0 Å². The fraction of sp³-hybridized carbons (Fsp3) is 0.0667. The summed E-state index contributed by atoms with van der Waals surface area (Å²) in [6.45, 7) is 2.04. The second-order valence-corrected chi connectivity index (χ2v) is 5.60. The molecule has 0 fully saturated rings. The van der Waals surface area contributed by atoms with E-state index in [1.54, 1.807) is 11.3 Å². The Morgan fingerprint density at radius 1 is 0.889 bits per heavy atom. The number of hydrogen-bond acceptors (Lipinski definition) is 3. The van der Waals surface area contributed by atoms with Gasteiger partial charge in [0, 0.05) is 10.8 Å². The van der Waals surface area contributed by atoms with E-state index in [1.165, 1.54) is 15.5 Å². The van der Waals surface area contributed by atoms with Crippen LogP contribution < -0.4 is 0 Å². The lowest BCUT2D eigenvalue weighted by Crippen LogP contribution is -1.82. The number of para-hydroxylation sites is 1. The number of hydrogen-bond donors (Lipinski definition) is 0. The average Bonchev–Trinajstić information content (AvgIpc) is 2.77. The van der Waals surface area contributed by atoms with Crippen LogP contribution in [0.1, 0.15) is 5.01 Å². The van der Waals surface area contributed by atoms with Gasteiger partial charge in [-0.1, -0.05) is 24.3 Å². The molecule has 0 radical (unpaired) electrons. The molecular weight excluding hydrogens is 240 g/mol. The van der Waals surface area contributed by atoms with Crippen molar-refractivity contribution in [2.24, 2.45) is 0 Å². The highest BCUT2D eigenvalue weighted by atomic mass is 32.1. The predicted octanol–water partition coefficient (Wildman–Crippen LogP) is 4.31. The van der Waals surface area contributed by atoms with E-state index < -0.39 is 0 Å². The first-order chi connectivity index (χ1) is 8.81. The van der Waals surface area contributed by atoms with Gasteiger partial charge in [-0.15, -0.1) is 11.3 Å². The molecule has 2 aromatic carbocycles. The molecule has 0 atom stereocenters. The number of nitrogens with zero attached hydrogens (tertiary/aromatic N) is 2. The van der Waals surface area contributed by atoms with Crippen LogP contribution in [0.2, 0.25) is 0 Å². The first kappa shape index (κ1) is 9.97. The van der Waals surface area contributed by atoms with Gasteiger partial charge in [0.25, 0.3) is 0 Å². The quantitative estimate of drug-likeness (QED) is 0.435. The van der Waals surface area contributed by atoms with E-state index in [-0.39, 0.29) is 0 Å². The molecule has 2 heterocycles. The third-order valence-corrected chi connectivity index (χ3v) is 4.14. The Balaban J connectivity index is 2.26. The van der Waals surface area contributed by atoms with Gasteiger partial charge in [0.2, 0.25) is 0 Å². The number of pyridine rings is 1. The van der Waals surface area contributed by atoms with Crippen LogP contribution in [0.5, 0.6) is 0 Å². The predicted molar refractivity (Wildman–Crippen MR) is 77.2 cm³/mol. The summed E-state index contributed by atoms with van der Waals surface area (Å²) in [5.74, 6) is 0. The largest absolute Gasteiger partial charge is 0.246 e. The third kappa shape index (κ3) is 1.34. The van der Waals surface area contributed by atoms with Crippen molar-refractivity contribution in [2.75, 3.05) is 0 Å². The van der Waals surface area contributed by atoms with Crippen molar-refractivity contribution in [3.63, 3.8) is 0 Å². The normalized spacial score (nSPS) is 11.6. The van der Waals surface area contributed by atoms with Crippen molar-refractivity contribution in [1.82, 2.24) is 9.97 Å². The summed E-state index contributed by atoms with van der Waals surface area (Å²) < 4.78 is 1.19. The minimum absolute atomic E-state index is 1.04. The zero-order valence-electron chi connectivity index (χ0n) is 9.84. The van der Waals surface area contributed by atoms with Crippen molar-refractivity contribution in [3.8, 4) is 0 Å². The summed E-state index contributed by atoms with van der Waals surface area (Å²) in [4.78, 5) is 9.31. The molecule has 0 amide bonds. The molecule has 0 spiro atoms. The van der Waals surface area contributed by atoms with Gasteiger partial charge in [0.05, 0.1) is 26.3 Å². The number of rotatable bonds is 0. The van der Waals surface area contributed by atoms with E-state index in [0.717, 1.165) is 21.6 Å². The van der Waals surface area contributed by atoms with Crippen LogP contribution in [-0.4, -0.2) is 9.97 Å². The highest BCUT2D eigenvalue weighted by Gasteiger charge is 2.07. The maximum Gasteiger partial charge on any atom is 0.0908 e. The molecule has 0 aliphatic heterocycles. The fourth-order valence-electron chi connectivity index (χ4n) is 2.34. The number of aromatic nitrogens is 2. The Hall–Kier alpha value is -2.00. The van der Waals surface area contributed by atoms with Crippen LogP contribution in [-0.2, 0) is 0 Å². The Bertz CT molecular complexity index is 893. The maximum absolute atomic E-state index is 4.79. The standard InChI is InChI=1S/C15H10N2S/c1-9-16-13-7-6-11-8-10-4-2-3-5-12(10)17-14(11)15(13)18-9/h2-8H,1H3.